The standard InChI is InChI=1S/C14H15N5O6S.Nb/c1-8-15-12(18-14(16-8)25-3)17-13(21)19-26(22,23)10-7-5-4-6-9(10)11(20)24-2;/h4-7H,1-3H3,(H2,15,16,17,18,19,21);. The van der Waals surface area contributed by atoms with E-state index in [0.717, 1.165) is 13.2 Å². The molecule has 1 aromatic carbocycles. The van der Waals surface area contributed by atoms with E-state index in [-0.39, 0.29) is 45.7 Å². The normalized spacial score (nSPS) is 10.3. The molecule has 1 radical (unpaired) electrons. The fourth-order valence-corrected chi connectivity index (χ4v) is 2.99. The first kappa shape index (κ1) is 22.5. The zero-order chi connectivity index (χ0) is 19.3. The van der Waals surface area contributed by atoms with Gasteiger partial charge in [-0.3, -0.25) is 5.32 Å². The number of anilines is 1. The van der Waals surface area contributed by atoms with Crippen LogP contribution in [0.2, 0.25) is 0 Å². The zero-order valence-electron chi connectivity index (χ0n) is 14.5. The maximum Gasteiger partial charge on any atom is 0.339 e. The van der Waals surface area contributed by atoms with Crippen molar-refractivity contribution in [3.63, 3.8) is 0 Å². The number of nitrogens with zero attached hydrogens (tertiary/aromatic N) is 3. The summed E-state index contributed by atoms with van der Waals surface area (Å²) in [5.41, 5.74) is -0.215. The third kappa shape index (κ3) is 5.72. The molecular weight excluding hydrogens is 459 g/mol. The Kier molecular flexibility index (Phi) is 7.84. The quantitative estimate of drug-likeness (QED) is 0.466. The number of carbonyl (C=O) groups is 2. The van der Waals surface area contributed by atoms with Crippen LogP contribution in [0, 0.1) is 6.92 Å². The second-order valence-corrected chi connectivity index (χ2v) is 6.39. The van der Waals surface area contributed by atoms with E-state index in [1.165, 1.54) is 32.2 Å². The van der Waals surface area contributed by atoms with Gasteiger partial charge in [-0.2, -0.15) is 15.0 Å². The molecular formula is C14H15N5NbO6S. The Labute approximate surface area is 170 Å². The summed E-state index contributed by atoms with van der Waals surface area (Å²) in [5.74, 6) is -0.807. The van der Waals surface area contributed by atoms with Gasteiger partial charge in [0.1, 0.15) is 10.7 Å². The fourth-order valence-electron chi connectivity index (χ4n) is 1.89. The Morgan fingerprint density at radius 2 is 1.74 bits per heavy atom. The number of methoxy groups -OCH3 is 2. The first-order chi connectivity index (χ1) is 12.3. The van der Waals surface area contributed by atoms with E-state index in [1.807, 2.05) is 0 Å². The van der Waals surface area contributed by atoms with E-state index in [4.69, 9.17) is 4.74 Å². The molecule has 0 aliphatic carbocycles. The molecule has 0 spiro atoms. The van der Waals surface area contributed by atoms with Gasteiger partial charge in [-0.15, -0.1) is 0 Å². The molecule has 2 rings (SSSR count). The molecule has 0 aliphatic heterocycles. The summed E-state index contributed by atoms with van der Waals surface area (Å²) >= 11 is 0. The Bertz CT molecular complexity index is 953. The van der Waals surface area contributed by atoms with Crippen LogP contribution in [0.1, 0.15) is 16.2 Å². The van der Waals surface area contributed by atoms with Crippen LogP contribution in [0.4, 0.5) is 10.7 Å². The second-order valence-electron chi connectivity index (χ2n) is 4.74. The van der Waals surface area contributed by atoms with Crippen molar-refractivity contribution in [1.29, 1.82) is 0 Å². The van der Waals surface area contributed by atoms with Crippen LogP contribution in [-0.4, -0.2) is 49.6 Å². The third-order valence-corrected chi connectivity index (χ3v) is 4.33. The van der Waals surface area contributed by atoms with Crippen LogP contribution >= 0.6 is 0 Å². The molecule has 0 aliphatic rings. The molecule has 2 N–H and O–H groups in total. The minimum absolute atomic E-state index is 0. The van der Waals surface area contributed by atoms with Crippen LogP contribution in [0.25, 0.3) is 0 Å². The van der Waals surface area contributed by atoms with Gasteiger partial charge < -0.3 is 9.47 Å². The SMILES string of the molecule is COC(=O)c1ccccc1S(=O)(=O)NC(=O)Nc1nc(C)nc(OC)n1.[Nb]. The topological polar surface area (TPSA) is 149 Å². The summed E-state index contributed by atoms with van der Waals surface area (Å²) in [4.78, 5) is 34.7. The molecule has 1 aromatic heterocycles. The Hall–Kier alpha value is -2.54. The van der Waals surface area contributed by atoms with E-state index in [0.29, 0.717) is 0 Å². The molecule has 0 fully saturated rings. The number of aryl methyl sites for hydroxylation is 1. The molecule has 1 heterocycles. The van der Waals surface area contributed by atoms with E-state index in [9.17, 15) is 18.0 Å². The number of sulfonamides is 1. The maximum absolute atomic E-state index is 12.4. The molecule has 27 heavy (non-hydrogen) atoms. The third-order valence-electron chi connectivity index (χ3n) is 2.94. The molecule has 0 bridgehead atoms. The summed E-state index contributed by atoms with van der Waals surface area (Å²) in [6.45, 7) is 1.54. The molecule has 0 saturated carbocycles. The van der Waals surface area contributed by atoms with Crippen molar-refractivity contribution in [1.82, 2.24) is 19.7 Å². The predicted molar refractivity (Wildman–Crippen MR) is 88.2 cm³/mol. The number of esters is 1. The van der Waals surface area contributed by atoms with Gasteiger partial charge in [0.05, 0.1) is 19.8 Å². The van der Waals surface area contributed by atoms with Gasteiger partial charge in [0.25, 0.3) is 10.0 Å². The number of nitrogens with one attached hydrogen (secondary N) is 2. The maximum atomic E-state index is 12.4. The van der Waals surface area contributed by atoms with Gasteiger partial charge in [0, 0.05) is 22.4 Å². The number of amides is 2. The number of benzene rings is 1. The molecule has 2 aromatic rings. The van der Waals surface area contributed by atoms with Gasteiger partial charge in [0.15, 0.2) is 0 Å². The van der Waals surface area contributed by atoms with Gasteiger partial charge in [-0.1, -0.05) is 12.1 Å². The van der Waals surface area contributed by atoms with Crippen molar-refractivity contribution in [3.05, 3.63) is 35.7 Å². The number of rotatable bonds is 5. The molecule has 11 nitrogen and oxygen atoms in total. The molecule has 0 atom stereocenters. The first-order valence-corrected chi connectivity index (χ1v) is 8.53. The van der Waals surface area contributed by atoms with E-state index in [1.54, 1.807) is 4.72 Å². The summed E-state index contributed by atoms with van der Waals surface area (Å²) < 4.78 is 36.0. The number of carbonyl (C=O) groups excluding carboxylic acids is 2. The van der Waals surface area contributed by atoms with Crippen LogP contribution in [0.3, 0.4) is 0 Å². The monoisotopic (exact) mass is 474 g/mol. The largest absolute Gasteiger partial charge is 0.467 e. The van der Waals surface area contributed by atoms with Crippen LogP contribution in [0.15, 0.2) is 29.2 Å². The summed E-state index contributed by atoms with van der Waals surface area (Å²) in [5, 5.41) is 2.16. The molecule has 0 unspecified atom stereocenters. The molecule has 13 heteroatoms. The Balaban J connectivity index is 0.00000364. The molecule has 0 saturated heterocycles. The Morgan fingerprint density at radius 3 is 2.37 bits per heavy atom. The van der Waals surface area contributed by atoms with Crippen molar-refractivity contribution in [2.45, 2.75) is 11.8 Å². The summed E-state index contributed by atoms with van der Waals surface area (Å²) in [6.07, 6.45) is 0. The van der Waals surface area contributed by atoms with E-state index >= 15 is 0 Å². The minimum atomic E-state index is -4.36. The van der Waals surface area contributed by atoms with Gasteiger partial charge in [0.2, 0.25) is 5.95 Å². The van der Waals surface area contributed by atoms with E-state index < -0.39 is 26.9 Å². The summed E-state index contributed by atoms with van der Waals surface area (Å²) in [6, 6.07) is 4.12. The molecule has 143 valence electrons. The number of hydrogen-bond donors (Lipinski definition) is 2. The fraction of sp³-hybridized carbons (Fsp3) is 0.214. The Morgan fingerprint density at radius 1 is 1.07 bits per heavy atom. The van der Waals surface area contributed by atoms with Crippen LogP contribution in [0.5, 0.6) is 6.01 Å². The van der Waals surface area contributed by atoms with Crippen molar-refractivity contribution in [2.75, 3.05) is 19.5 Å². The number of ether oxygens (including phenoxy) is 2. The van der Waals surface area contributed by atoms with Crippen molar-refractivity contribution in [3.8, 4) is 6.01 Å². The van der Waals surface area contributed by atoms with Crippen molar-refractivity contribution in [2.24, 2.45) is 0 Å². The smallest absolute Gasteiger partial charge is 0.339 e. The number of hydrogen-bond acceptors (Lipinski definition) is 9. The average Bonchev–Trinajstić information content (AvgIpc) is 2.59. The number of aromatic nitrogens is 3. The second kappa shape index (κ2) is 9.41. The minimum Gasteiger partial charge on any atom is -0.467 e. The first-order valence-electron chi connectivity index (χ1n) is 7.04. The van der Waals surface area contributed by atoms with Crippen LogP contribution < -0.4 is 14.8 Å². The van der Waals surface area contributed by atoms with Crippen molar-refractivity contribution < 1.29 is 49.9 Å². The summed E-state index contributed by atoms with van der Waals surface area (Å²) in [7, 11) is -1.92. The average molecular weight is 474 g/mol. The van der Waals surface area contributed by atoms with Gasteiger partial charge >= 0.3 is 18.0 Å². The van der Waals surface area contributed by atoms with Gasteiger partial charge in [-0.05, 0) is 19.1 Å². The van der Waals surface area contributed by atoms with E-state index in [2.05, 4.69) is 25.0 Å². The van der Waals surface area contributed by atoms with Gasteiger partial charge in [-0.25, -0.2) is 22.7 Å². The predicted octanol–water partition coefficient (Wildman–Crippen LogP) is 0.483. The van der Waals surface area contributed by atoms with Crippen molar-refractivity contribution >= 4 is 28.0 Å². The van der Waals surface area contributed by atoms with Crippen LogP contribution in [-0.2, 0) is 37.1 Å². The molecule has 2 amide bonds. The number of urea groups is 1. The zero-order valence-corrected chi connectivity index (χ0v) is 17.5.